The van der Waals surface area contributed by atoms with Crippen molar-refractivity contribution in [2.75, 3.05) is 6.16 Å². The third-order valence-electron chi connectivity index (χ3n) is 6.35. The normalized spacial score (nSPS) is 33.8. The Morgan fingerprint density at radius 1 is 0.636 bits per heavy atom. The minimum absolute atomic E-state index is 0.0444. The molecule has 0 radical (unpaired) electrons. The highest BCUT2D eigenvalue weighted by atomic mass is 80.9. The van der Waals surface area contributed by atoms with Crippen molar-refractivity contribution in [3.8, 4) is 0 Å². The maximum absolute atomic E-state index is 11.0. The van der Waals surface area contributed by atoms with Gasteiger partial charge in [0.1, 0.15) is 0 Å². The molecule has 1 saturated heterocycles. The van der Waals surface area contributed by atoms with E-state index in [2.05, 4.69) is 28.3 Å². The standard InChI is InChI=1S/C17H32O2P.Br2/c18-14-11-12-17(19)20(13-14,15-7-3-1-4-8-15)16-9-5-2-6-10-16;1-2/h14-19H,1-13H2;/q+1;. The van der Waals surface area contributed by atoms with E-state index >= 15 is 0 Å². The topological polar surface area (TPSA) is 40.5 Å². The number of hydrogen-bond donors (Lipinski definition) is 2. The van der Waals surface area contributed by atoms with Crippen LogP contribution in [0.15, 0.2) is 0 Å². The summed E-state index contributed by atoms with van der Waals surface area (Å²) in [5.74, 6) is -0.0444. The Morgan fingerprint density at radius 3 is 1.55 bits per heavy atom. The number of aliphatic hydroxyl groups excluding tert-OH is 2. The van der Waals surface area contributed by atoms with Crippen LogP contribution in [0.5, 0.6) is 0 Å². The van der Waals surface area contributed by atoms with Crippen LogP contribution in [0.4, 0.5) is 0 Å². The van der Waals surface area contributed by atoms with Gasteiger partial charge < -0.3 is 10.2 Å². The average molecular weight is 459 g/mol. The summed E-state index contributed by atoms with van der Waals surface area (Å²) in [4.78, 5) is 0. The molecule has 0 bridgehead atoms. The molecule has 22 heavy (non-hydrogen) atoms. The van der Waals surface area contributed by atoms with Gasteiger partial charge in [-0.3, -0.25) is 0 Å². The van der Waals surface area contributed by atoms with Gasteiger partial charge in [0.05, 0.1) is 30.8 Å². The molecule has 1 heterocycles. The summed E-state index contributed by atoms with van der Waals surface area (Å²) in [5, 5.41) is 21.3. The highest BCUT2D eigenvalue weighted by Crippen LogP contribution is 2.76. The molecule has 3 rings (SSSR count). The van der Waals surface area contributed by atoms with Gasteiger partial charge in [-0.2, -0.15) is 0 Å². The molecule has 130 valence electrons. The molecule has 0 amide bonds. The third-order valence-corrected chi connectivity index (χ3v) is 12.5. The molecule has 1 aliphatic heterocycles. The van der Waals surface area contributed by atoms with Gasteiger partial charge in [0, 0.05) is 34.7 Å². The van der Waals surface area contributed by atoms with E-state index in [0.29, 0.717) is 0 Å². The van der Waals surface area contributed by atoms with E-state index in [1.54, 1.807) is 0 Å². The molecule has 3 fully saturated rings. The van der Waals surface area contributed by atoms with Crippen LogP contribution >= 0.6 is 35.5 Å². The smallest absolute Gasteiger partial charge is 0.164 e. The van der Waals surface area contributed by atoms with Crippen LogP contribution in [0.1, 0.15) is 77.0 Å². The Kier molecular flexibility index (Phi) is 8.66. The van der Waals surface area contributed by atoms with Gasteiger partial charge in [-0.05, 0) is 57.8 Å². The number of halogens is 2. The highest BCUT2D eigenvalue weighted by Gasteiger charge is 2.59. The molecule has 2 saturated carbocycles. The molecule has 2 nitrogen and oxygen atoms in total. The van der Waals surface area contributed by atoms with Crippen molar-refractivity contribution in [2.45, 2.75) is 100 Å². The zero-order chi connectivity index (χ0) is 16.0. The summed E-state index contributed by atoms with van der Waals surface area (Å²) in [6.07, 6.45) is 16.2. The summed E-state index contributed by atoms with van der Waals surface area (Å²) in [6.45, 7) is 0. The van der Waals surface area contributed by atoms with Crippen LogP contribution in [0, 0.1) is 0 Å². The van der Waals surface area contributed by atoms with E-state index in [1.165, 1.54) is 64.2 Å². The number of hydrogen-bond acceptors (Lipinski definition) is 2. The van der Waals surface area contributed by atoms with E-state index in [0.717, 1.165) is 30.3 Å². The zero-order valence-electron chi connectivity index (χ0n) is 13.6. The summed E-state index contributed by atoms with van der Waals surface area (Å²) >= 11 is 5.50. The Labute approximate surface area is 152 Å². The van der Waals surface area contributed by atoms with Crippen molar-refractivity contribution >= 4 is 35.5 Å². The van der Waals surface area contributed by atoms with Crippen LogP contribution in [0.25, 0.3) is 0 Å². The summed E-state index contributed by atoms with van der Waals surface area (Å²) in [5.41, 5.74) is 1.56. The van der Waals surface area contributed by atoms with E-state index in [4.69, 9.17) is 0 Å². The van der Waals surface area contributed by atoms with E-state index < -0.39 is 7.26 Å². The highest BCUT2D eigenvalue weighted by molar-refractivity contribution is 9.93. The Balaban J connectivity index is 0.000000847. The molecule has 0 aromatic heterocycles. The van der Waals surface area contributed by atoms with Gasteiger partial charge in [0.2, 0.25) is 0 Å². The lowest BCUT2D eigenvalue weighted by atomic mass is 9.99. The van der Waals surface area contributed by atoms with Crippen molar-refractivity contribution in [2.24, 2.45) is 0 Å². The Bertz CT molecular complexity index is 300. The van der Waals surface area contributed by atoms with Crippen LogP contribution < -0.4 is 0 Å². The lowest BCUT2D eigenvalue weighted by Crippen LogP contribution is -2.42. The lowest BCUT2D eigenvalue weighted by molar-refractivity contribution is 0.139. The maximum atomic E-state index is 11.0. The van der Waals surface area contributed by atoms with E-state index in [9.17, 15) is 10.2 Å². The molecular formula is C17H32Br2O2P+. The molecule has 2 atom stereocenters. The molecule has 2 unspecified atom stereocenters. The predicted octanol–water partition coefficient (Wildman–Crippen LogP) is 5.83. The van der Waals surface area contributed by atoms with Gasteiger partial charge >= 0.3 is 0 Å². The summed E-state index contributed by atoms with van der Waals surface area (Å²) in [6, 6.07) is 0. The van der Waals surface area contributed by atoms with Gasteiger partial charge in [0.25, 0.3) is 0 Å². The molecule has 2 aliphatic carbocycles. The minimum Gasteiger partial charge on any atom is -0.389 e. The van der Waals surface area contributed by atoms with Crippen molar-refractivity contribution in [1.29, 1.82) is 0 Å². The monoisotopic (exact) mass is 457 g/mol. The second-order valence-corrected chi connectivity index (χ2v) is 11.9. The fraction of sp³-hybridized carbons (Fsp3) is 1.00. The second-order valence-electron chi connectivity index (χ2n) is 7.47. The van der Waals surface area contributed by atoms with Gasteiger partial charge in [-0.15, -0.1) is 0 Å². The summed E-state index contributed by atoms with van der Waals surface area (Å²) < 4.78 is 0. The largest absolute Gasteiger partial charge is 0.389 e. The van der Waals surface area contributed by atoms with Crippen molar-refractivity contribution in [1.82, 2.24) is 0 Å². The van der Waals surface area contributed by atoms with Gasteiger partial charge in [-0.1, -0.05) is 12.8 Å². The Hall–Kier alpha value is 1.31. The second kappa shape index (κ2) is 9.70. The Morgan fingerprint density at radius 2 is 1.09 bits per heavy atom. The van der Waals surface area contributed by atoms with Crippen LogP contribution in [-0.4, -0.2) is 39.6 Å². The fourth-order valence-electron chi connectivity index (χ4n) is 5.37. The number of aliphatic hydroxyl groups is 2. The first-order chi connectivity index (χ1) is 10.7. The molecule has 2 N–H and O–H groups in total. The maximum Gasteiger partial charge on any atom is 0.164 e. The van der Waals surface area contributed by atoms with Crippen LogP contribution in [-0.2, 0) is 0 Å². The third kappa shape index (κ3) is 4.28. The van der Waals surface area contributed by atoms with Gasteiger partial charge in [-0.25, -0.2) is 0 Å². The molecular weight excluding hydrogens is 427 g/mol. The first kappa shape index (κ1) is 19.6. The van der Waals surface area contributed by atoms with Gasteiger partial charge in [0.15, 0.2) is 5.85 Å². The zero-order valence-corrected chi connectivity index (χ0v) is 17.7. The molecule has 0 aromatic rings. The number of rotatable bonds is 2. The SMILES string of the molecule is BrBr.OC1CCC(O)[P+](C2CCCCC2)(C2CCCCC2)C1. The molecule has 0 aromatic carbocycles. The quantitative estimate of drug-likeness (QED) is 0.510. The van der Waals surface area contributed by atoms with Crippen LogP contribution in [0.3, 0.4) is 0 Å². The van der Waals surface area contributed by atoms with Crippen molar-refractivity contribution in [3.05, 3.63) is 0 Å². The van der Waals surface area contributed by atoms with E-state index in [1.807, 2.05) is 0 Å². The predicted molar refractivity (Wildman–Crippen MR) is 105 cm³/mol. The minimum atomic E-state index is -1.38. The van der Waals surface area contributed by atoms with Crippen LogP contribution in [0.2, 0.25) is 0 Å². The van der Waals surface area contributed by atoms with Crippen molar-refractivity contribution < 1.29 is 10.2 Å². The lowest BCUT2D eigenvalue weighted by Gasteiger charge is -2.48. The molecule has 0 spiro atoms. The fourth-order valence-corrected chi connectivity index (χ4v) is 12.0. The molecule has 5 heteroatoms. The van der Waals surface area contributed by atoms with Crippen molar-refractivity contribution in [3.63, 3.8) is 0 Å². The first-order valence-electron chi connectivity index (χ1n) is 9.11. The first-order valence-corrected chi connectivity index (χ1v) is 15.0. The molecule has 3 aliphatic rings. The summed E-state index contributed by atoms with van der Waals surface area (Å²) in [7, 11) is -1.38. The van der Waals surface area contributed by atoms with E-state index in [-0.39, 0.29) is 11.9 Å². The average Bonchev–Trinajstić information content (AvgIpc) is 2.60.